The third-order valence-corrected chi connectivity index (χ3v) is 4.72. The lowest BCUT2D eigenvalue weighted by atomic mass is 10.2. The number of carbonyl (C=O) groups is 1. The van der Waals surface area contributed by atoms with Crippen LogP contribution in [0.1, 0.15) is 6.42 Å². The molecule has 1 aliphatic heterocycles. The molecule has 8 nitrogen and oxygen atoms in total. The van der Waals surface area contributed by atoms with Crippen molar-refractivity contribution in [2.45, 2.75) is 12.5 Å². The first-order valence-electron chi connectivity index (χ1n) is 9.27. The van der Waals surface area contributed by atoms with E-state index in [0.29, 0.717) is 24.1 Å². The van der Waals surface area contributed by atoms with E-state index in [9.17, 15) is 4.79 Å². The molecule has 164 valence electrons. The van der Waals surface area contributed by atoms with Crippen LogP contribution in [0.3, 0.4) is 0 Å². The van der Waals surface area contributed by atoms with Crippen molar-refractivity contribution in [3.63, 3.8) is 0 Å². The highest BCUT2D eigenvalue weighted by molar-refractivity contribution is 14.0. The molecule has 1 atom stereocenters. The highest BCUT2D eigenvalue weighted by Crippen LogP contribution is 2.33. The molecule has 0 aromatic heterocycles. The lowest BCUT2D eigenvalue weighted by molar-refractivity contribution is -0.127. The van der Waals surface area contributed by atoms with Crippen LogP contribution in [0.15, 0.2) is 23.2 Å². The van der Waals surface area contributed by atoms with Gasteiger partial charge in [-0.15, -0.1) is 24.0 Å². The summed E-state index contributed by atoms with van der Waals surface area (Å²) in [6, 6.07) is 5.81. The second-order valence-electron chi connectivity index (χ2n) is 6.76. The Balaban J connectivity index is 0.00000420. The molecule has 0 spiro atoms. The van der Waals surface area contributed by atoms with Crippen molar-refractivity contribution >= 4 is 53.1 Å². The summed E-state index contributed by atoms with van der Waals surface area (Å²) in [4.78, 5) is 20.0. The number of benzene rings is 1. The van der Waals surface area contributed by atoms with Crippen LogP contribution in [0.5, 0.6) is 5.75 Å². The van der Waals surface area contributed by atoms with E-state index in [-0.39, 0.29) is 42.5 Å². The molecule has 0 aliphatic carbocycles. The predicted octanol–water partition coefficient (Wildman–Crippen LogP) is 1.82. The van der Waals surface area contributed by atoms with Crippen molar-refractivity contribution in [2.75, 3.05) is 66.0 Å². The summed E-state index contributed by atoms with van der Waals surface area (Å²) in [6.07, 6.45) is 0.933. The molecule has 0 bridgehead atoms. The topological polar surface area (TPSA) is 78.4 Å². The summed E-state index contributed by atoms with van der Waals surface area (Å²) in [5.41, 5.74) is 0.980. The number of aliphatic imine (C=N–C) groups is 1. The van der Waals surface area contributed by atoms with E-state index in [1.165, 1.54) is 4.90 Å². The Morgan fingerprint density at radius 3 is 2.79 bits per heavy atom. The summed E-state index contributed by atoms with van der Waals surface area (Å²) in [5.74, 6) is 1.36. The molecule has 29 heavy (non-hydrogen) atoms. The number of nitrogens with one attached hydrogen (secondary N) is 2. The summed E-state index contributed by atoms with van der Waals surface area (Å²) < 4.78 is 10.6. The predicted molar refractivity (Wildman–Crippen MR) is 128 cm³/mol. The van der Waals surface area contributed by atoms with Gasteiger partial charge in [0.25, 0.3) is 0 Å². The van der Waals surface area contributed by atoms with Gasteiger partial charge in [0.15, 0.2) is 5.96 Å². The van der Waals surface area contributed by atoms with Crippen LogP contribution in [-0.2, 0) is 9.53 Å². The first kappa shape index (κ1) is 25.6. The summed E-state index contributed by atoms with van der Waals surface area (Å²) in [7, 11) is 6.74. The van der Waals surface area contributed by atoms with E-state index >= 15 is 0 Å². The standard InChI is InChI=1S/C19H30ClN5O3.HI/c1-24(2)18(26)12-22-19(21-8-10-27-3)23-15-7-9-25(13-15)16-11-14(20)5-6-17(16)28-4;/h5-6,11,15H,7-10,12-13H2,1-4H3,(H2,21,22,23);1H. The van der Waals surface area contributed by atoms with Gasteiger partial charge in [-0.1, -0.05) is 11.6 Å². The first-order chi connectivity index (χ1) is 13.4. The van der Waals surface area contributed by atoms with Crippen LogP contribution < -0.4 is 20.3 Å². The van der Waals surface area contributed by atoms with E-state index in [1.807, 2.05) is 18.2 Å². The van der Waals surface area contributed by atoms with Gasteiger partial charge in [-0.2, -0.15) is 0 Å². The van der Waals surface area contributed by atoms with Crippen LogP contribution in [0, 0.1) is 0 Å². The number of rotatable bonds is 8. The molecule has 2 rings (SSSR count). The zero-order valence-corrected chi connectivity index (χ0v) is 20.5. The summed E-state index contributed by atoms with van der Waals surface area (Å²) >= 11 is 6.17. The molecule has 1 aromatic carbocycles. The van der Waals surface area contributed by atoms with E-state index in [4.69, 9.17) is 21.1 Å². The Hall–Kier alpha value is -1.46. The Morgan fingerprint density at radius 1 is 1.38 bits per heavy atom. The van der Waals surface area contributed by atoms with Crippen molar-refractivity contribution in [1.29, 1.82) is 0 Å². The minimum atomic E-state index is -0.0513. The van der Waals surface area contributed by atoms with Gasteiger partial charge in [0.2, 0.25) is 5.91 Å². The number of amides is 1. The molecular weight excluding hydrogens is 509 g/mol. The van der Waals surface area contributed by atoms with Gasteiger partial charge in [-0.05, 0) is 24.6 Å². The van der Waals surface area contributed by atoms with Gasteiger partial charge in [0.05, 0.1) is 19.4 Å². The Kier molecular flexibility index (Phi) is 11.4. The van der Waals surface area contributed by atoms with Crippen LogP contribution in [0.2, 0.25) is 5.02 Å². The normalized spacial score (nSPS) is 16.2. The maximum atomic E-state index is 11.9. The fourth-order valence-corrected chi connectivity index (χ4v) is 3.08. The number of carbonyl (C=O) groups excluding carboxylic acids is 1. The maximum absolute atomic E-state index is 11.9. The molecule has 10 heteroatoms. The minimum Gasteiger partial charge on any atom is -0.495 e. The molecule has 1 unspecified atom stereocenters. The molecule has 1 aliphatic rings. The summed E-state index contributed by atoms with van der Waals surface area (Å²) in [6.45, 7) is 2.91. The maximum Gasteiger partial charge on any atom is 0.243 e. The molecule has 1 saturated heterocycles. The lowest BCUT2D eigenvalue weighted by Crippen LogP contribution is -2.46. The van der Waals surface area contributed by atoms with Crippen molar-refractivity contribution in [1.82, 2.24) is 15.5 Å². The average Bonchev–Trinajstić information content (AvgIpc) is 3.14. The van der Waals surface area contributed by atoms with Crippen LogP contribution in [0.4, 0.5) is 5.69 Å². The fourth-order valence-electron chi connectivity index (χ4n) is 2.91. The zero-order chi connectivity index (χ0) is 20.5. The number of guanidine groups is 1. The van der Waals surface area contributed by atoms with Crippen molar-refractivity contribution in [3.05, 3.63) is 23.2 Å². The number of likely N-dealkylation sites (N-methyl/N-ethyl adjacent to an activating group) is 1. The number of nitrogens with zero attached hydrogens (tertiary/aromatic N) is 3. The van der Waals surface area contributed by atoms with E-state index in [2.05, 4.69) is 20.5 Å². The fraction of sp³-hybridized carbons (Fsp3) is 0.579. The van der Waals surface area contributed by atoms with Crippen molar-refractivity contribution < 1.29 is 14.3 Å². The monoisotopic (exact) mass is 539 g/mol. The Bertz CT molecular complexity index is 690. The average molecular weight is 540 g/mol. The van der Waals surface area contributed by atoms with Gasteiger partial charge in [0.1, 0.15) is 12.3 Å². The minimum absolute atomic E-state index is 0. The van der Waals surface area contributed by atoms with Crippen molar-refractivity contribution in [2.24, 2.45) is 4.99 Å². The van der Waals surface area contributed by atoms with Gasteiger partial charge >= 0.3 is 0 Å². The molecule has 1 amide bonds. The molecule has 2 N–H and O–H groups in total. The van der Waals surface area contributed by atoms with Crippen LogP contribution in [0.25, 0.3) is 0 Å². The molecule has 0 radical (unpaired) electrons. The lowest BCUT2D eigenvalue weighted by Gasteiger charge is -2.22. The molecule has 1 heterocycles. The van der Waals surface area contributed by atoms with Crippen LogP contribution >= 0.6 is 35.6 Å². The quantitative estimate of drug-likeness (QED) is 0.227. The number of halogens is 2. The smallest absolute Gasteiger partial charge is 0.243 e. The summed E-state index contributed by atoms with van der Waals surface area (Å²) in [5, 5.41) is 7.30. The number of anilines is 1. The third kappa shape index (κ3) is 8.06. The Morgan fingerprint density at radius 2 is 2.14 bits per heavy atom. The van der Waals surface area contributed by atoms with Gasteiger partial charge < -0.3 is 29.9 Å². The second kappa shape index (κ2) is 13.0. The molecular formula is C19H31ClIN5O3. The largest absolute Gasteiger partial charge is 0.495 e. The number of hydrogen-bond donors (Lipinski definition) is 2. The SMILES string of the molecule is COCCNC(=NCC(=O)N(C)C)NC1CCN(c2cc(Cl)ccc2OC)C1.I. The Labute approximate surface area is 195 Å². The second-order valence-corrected chi connectivity index (χ2v) is 7.20. The highest BCUT2D eigenvalue weighted by atomic mass is 127. The zero-order valence-electron chi connectivity index (χ0n) is 17.4. The number of hydrogen-bond acceptors (Lipinski definition) is 5. The molecule has 0 saturated carbocycles. The number of ether oxygens (including phenoxy) is 2. The van der Waals surface area contributed by atoms with Gasteiger partial charge in [-0.25, -0.2) is 4.99 Å². The van der Waals surface area contributed by atoms with Crippen LogP contribution in [-0.4, -0.2) is 83.9 Å². The van der Waals surface area contributed by atoms with Gasteiger partial charge in [0, 0.05) is 51.9 Å². The van der Waals surface area contributed by atoms with E-state index in [0.717, 1.165) is 30.9 Å². The van der Waals surface area contributed by atoms with Crippen molar-refractivity contribution in [3.8, 4) is 5.75 Å². The van der Waals surface area contributed by atoms with E-state index < -0.39 is 0 Å². The first-order valence-corrected chi connectivity index (χ1v) is 9.64. The highest BCUT2D eigenvalue weighted by Gasteiger charge is 2.25. The third-order valence-electron chi connectivity index (χ3n) is 4.48. The number of methoxy groups -OCH3 is 2. The van der Waals surface area contributed by atoms with Gasteiger partial charge in [-0.3, -0.25) is 4.79 Å². The molecule has 1 fully saturated rings. The molecule has 1 aromatic rings. The van der Waals surface area contributed by atoms with E-state index in [1.54, 1.807) is 28.3 Å².